The first-order valence-electron chi connectivity index (χ1n) is 5.45. The van der Waals surface area contributed by atoms with Gasteiger partial charge in [0.05, 0.1) is 0 Å². The normalized spacial score (nSPS) is 12.0. The van der Waals surface area contributed by atoms with Crippen LogP contribution in [0.5, 0.6) is 0 Å². The van der Waals surface area contributed by atoms with Crippen molar-refractivity contribution >= 4 is 12.0 Å². The lowest BCUT2D eigenvalue weighted by atomic mass is 9.87. The fourth-order valence-corrected chi connectivity index (χ4v) is 1.19. The van der Waals surface area contributed by atoms with Crippen molar-refractivity contribution in [1.29, 1.82) is 0 Å². The summed E-state index contributed by atoms with van der Waals surface area (Å²) in [4.78, 5) is 22.4. The first-order chi connectivity index (χ1) is 7.79. The molecule has 96 valence electrons. The Hall–Kier alpha value is -1.70. The van der Waals surface area contributed by atoms with Gasteiger partial charge in [0.25, 0.3) is 0 Å². The smallest absolute Gasteiger partial charge is 0.326 e. The lowest BCUT2D eigenvalue weighted by Gasteiger charge is -2.27. The van der Waals surface area contributed by atoms with E-state index >= 15 is 0 Å². The van der Waals surface area contributed by atoms with Gasteiger partial charge in [-0.1, -0.05) is 20.8 Å². The van der Waals surface area contributed by atoms with Gasteiger partial charge in [-0.05, 0) is 12.3 Å². The zero-order chi connectivity index (χ0) is 13.5. The van der Waals surface area contributed by atoms with Crippen molar-refractivity contribution in [1.82, 2.24) is 10.6 Å². The molecule has 0 aromatic heterocycles. The van der Waals surface area contributed by atoms with Crippen LogP contribution < -0.4 is 10.6 Å². The first kappa shape index (κ1) is 15.3. The van der Waals surface area contributed by atoms with Gasteiger partial charge in [-0.15, -0.1) is 11.8 Å². The maximum atomic E-state index is 11.4. The van der Waals surface area contributed by atoms with E-state index in [1.165, 1.54) is 0 Å². The van der Waals surface area contributed by atoms with Crippen LogP contribution in [0.1, 0.15) is 34.1 Å². The van der Waals surface area contributed by atoms with Crippen molar-refractivity contribution in [3.8, 4) is 11.8 Å². The van der Waals surface area contributed by atoms with E-state index in [9.17, 15) is 9.59 Å². The molecule has 2 amide bonds. The number of carbonyl (C=O) groups excluding carboxylic acids is 1. The molecule has 3 N–H and O–H groups in total. The second-order valence-electron chi connectivity index (χ2n) is 4.71. The number of hydrogen-bond acceptors (Lipinski definition) is 2. The molecule has 0 rings (SSSR count). The average molecular weight is 240 g/mol. The molecule has 0 saturated heterocycles. The highest BCUT2D eigenvalue weighted by molar-refractivity contribution is 5.83. The Bertz CT molecular complexity index is 334. The third kappa shape index (κ3) is 6.46. The number of carboxylic acids is 1. The second-order valence-corrected chi connectivity index (χ2v) is 4.71. The molecule has 0 spiro atoms. The Kier molecular flexibility index (Phi) is 6.11. The van der Waals surface area contributed by atoms with E-state index in [1.807, 2.05) is 0 Å². The summed E-state index contributed by atoms with van der Waals surface area (Å²) in [6.45, 7) is 7.40. The third-order valence-electron chi connectivity index (χ3n) is 2.10. The van der Waals surface area contributed by atoms with E-state index in [0.717, 1.165) is 0 Å². The SMILES string of the molecule is CC#CCCNC(=O)N[C@@H](C(=O)O)C(C)(C)C. The molecular formula is C12H20N2O3. The van der Waals surface area contributed by atoms with Crippen LogP contribution in [0.25, 0.3) is 0 Å². The molecule has 0 aliphatic heterocycles. The Morgan fingerprint density at radius 1 is 1.35 bits per heavy atom. The van der Waals surface area contributed by atoms with E-state index in [2.05, 4.69) is 22.5 Å². The molecule has 0 bridgehead atoms. The molecule has 0 aromatic carbocycles. The number of urea groups is 1. The molecule has 17 heavy (non-hydrogen) atoms. The highest BCUT2D eigenvalue weighted by Gasteiger charge is 2.32. The van der Waals surface area contributed by atoms with E-state index in [4.69, 9.17) is 5.11 Å². The van der Waals surface area contributed by atoms with E-state index < -0.39 is 23.5 Å². The van der Waals surface area contributed by atoms with Crippen molar-refractivity contribution in [3.05, 3.63) is 0 Å². The van der Waals surface area contributed by atoms with Crippen LogP contribution in [0, 0.1) is 17.3 Å². The molecule has 0 fully saturated rings. The minimum atomic E-state index is -1.04. The quantitative estimate of drug-likeness (QED) is 0.510. The molecule has 5 nitrogen and oxygen atoms in total. The predicted molar refractivity (Wildman–Crippen MR) is 65.5 cm³/mol. The zero-order valence-electron chi connectivity index (χ0n) is 10.8. The van der Waals surface area contributed by atoms with Crippen LogP contribution in [0.15, 0.2) is 0 Å². The van der Waals surface area contributed by atoms with Crippen molar-refractivity contribution in [3.63, 3.8) is 0 Å². The van der Waals surface area contributed by atoms with Gasteiger partial charge in [-0.25, -0.2) is 9.59 Å². The largest absolute Gasteiger partial charge is 0.480 e. The van der Waals surface area contributed by atoms with Crippen LogP contribution >= 0.6 is 0 Å². The van der Waals surface area contributed by atoms with Gasteiger partial charge in [-0.2, -0.15) is 0 Å². The van der Waals surface area contributed by atoms with E-state index in [0.29, 0.717) is 13.0 Å². The van der Waals surface area contributed by atoms with Crippen molar-refractivity contribution < 1.29 is 14.7 Å². The van der Waals surface area contributed by atoms with Gasteiger partial charge >= 0.3 is 12.0 Å². The topological polar surface area (TPSA) is 78.4 Å². The second kappa shape index (κ2) is 6.79. The zero-order valence-corrected chi connectivity index (χ0v) is 10.8. The lowest BCUT2D eigenvalue weighted by molar-refractivity contribution is -0.141. The fourth-order valence-electron chi connectivity index (χ4n) is 1.19. The summed E-state index contributed by atoms with van der Waals surface area (Å²) in [6.07, 6.45) is 0.553. The first-order valence-corrected chi connectivity index (χ1v) is 5.45. The van der Waals surface area contributed by atoms with Gasteiger partial charge in [0.2, 0.25) is 0 Å². The van der Waals surface area contributed by atoms with Gasteiger partial charge in [0.15, 0.2) is 0 Å². The van der Waals surface area contributed by atoms with E-state index in [-0.39, 0.29) is 0 Å². The van der Waals surface area contributed by atoms with E-state index in [1.54, 1.807) is 27.7 Å². The fraction of sp³-hybridized carbons (Fsp3) is 0.667. The van der Waals surface area contributed by atoms with Gasteiger partial charge in [-0.3, -0.25) is 0 Å². The van der Waals surface area contributed by atoms with Crippen LogP contribution in [0.3, 0.4) is 0 Å². The van der Waals surface area contributed by atoms with Gasteiger partial charge in [0.1, 0.15) is 6.04 Å². The molecule has 0 radical (unpaired) electrons. The Balaban J connectivity index is 4.22. The maximum absolute atomic E-state index is 11.4. The Morgan fingerprint density at radius 3 is 2.35 bits per heavy atom. The minimum Gasteiger partial charge on any atom is -0.480 e. The molecule has 0 heterocycles. The highest BCUT2D eigenvalue weighted by Crippen LogP contribution is 2.19. The molecule has 0 aliphatic carbocycles. The molecule has 0 unspecified atom stereocenters. The number of carboxylic acid groups (broad SMARTS) is 1. The average Bonchev–Trinajstić information content (AvgIpc) is 2.19. The lowest BCUT2D eigenvalue weighted by Crippen LogP contribution is -2.52. The summed E-state index contributed by atoms with van der Waals surface area (Å²) in [5.74, 6) is 4.47. The van der Waals surface area contributed by atoms with Crippen LogP contribution in [0.4, 0.5) is 4.79 Å². The number of rotatable bonds is 4. The highest BCUT2D eigenvalue weighted by atomic mass is 16.4. The molecule has 5 heteroatoms. The number of nitrogens with one attached hydrogen (secondary N) is 2. The molecule has 0 saturated carbocycles. The van der Waals surface area contributed by atoms with Gasteiger partial charge < -0.3 is 15.7 Å². The maximum Gasteiger partial charge on any atom is 0.326 e. The summed E-state index contributed by atoms with van der Waals surface area (Å²) in [5, 5.41) is 14.0. The molecule has 0 aliphatic rings. The third-order valence-corrected chi connectivity index (χ3v) is 2.10. The van der Waals surface area contributed by atoms with Crippen molar-refractivity contribution in [2.75, 3.05) is 6.54 Å². The number of amides is 2. The summed E-state index contributed by atoms with van der Waals surface area (Å²) in [5.41, 5.74) is -0.535. The number of carbonyl (C=O) groups is 2. The standard InChI is InChI=1S/C12H20N2O3/c1-5-6-7-8-13-11(17)14-9(10(15)16)12(2,3)4/h9H,7-8H2,1-4H3,(H,15,16)(H2,13,14,17)/t9-/m0/s1. The van der Waals surface area contributed by atoms with Crippen LogP contribution in [0.2, 0.25) is 0 Å². The summed E-state index contributed by atoms with van der Waals surface area (Å²) in [6, 6.07) is -1.40. The summed E-state index contributed by atoms with van der Waals surface area (Å²) < 4.78 is 0. The van der Waals surface area contributed by atoms with Crippen LogP contribution in [-0.2, 0) is 4.79 Å². The number of hydrogen-bond donors (Lipinski definition) is 3. The summed E-state index contributed by atoms with van der Waals surface area (Å²) in [7, 11) is 0. The molecular weight excluding hydrogens is 220 g/mol. The minimum absolute atomic E-state index is 0.406. The molecule has 1 atom stereocenters. The predicted octanol–water partition coefficient (Wildman–Crippen LogP) is 1.20. The van der Waals surface area contributed by atoms with Crippen molar-refractivity contribution in [2.45, 2.75) is 40.2 Å². The monoisotopic (exact) mass is 240 g/mol. The van der Waals surface area contributed by atoms with Gasteiger partial charge in [0, 0.05) is 13.0 Å². The summed E-state index contributed by atoms with van der Waals surface area (Å²) >= 11 is 0. The Labute approximate surface area is 102 Å². The van der Waals surface area contributed by atoms with Crippen LogP contribution in [-0.4, -0.2) is 29.7 Å². The Morgan fingerprint density at radius 2 is 1.94 bits per heavy atom. The molecule has 0 aromatic rings. The number of aliphatic carboxylic acids is 1. The van der Waals surface area contributed by atoms with Crippen molar-refractivity contribution in [2.24, 2.45) is 5.41 Å².